The molecule has 11 heteroatoms. The summed E-state index contributed by atoms with van der Waals surface area (Å²) < 4.78 is 84.7. The molecule has 0 aliphatic heterocycles. The van der Waals surface area contributed by atoms with E-state index in [1.807, 2.05) is 5.32 Å². The molecule has 0 saturated heterocycles. The largest absolute Gasteiger partial charge is 0.437 e. The SMILES string of the molecule is O=C(Nc1ccc(F)cc1F)Oc1cnn(-c2ccc(F)cc2)c1C(F)(F)F. The van der Waals surface area contributed by atoms with Crippen LogP contribution in [-0.4, -0.2) is 15.9 Å². The molecule has 3 rings (SSSR count). The fraction of sp³-hybridized carbons (Fsp3) is 0.0588. The molecule has 0 fully saturated rings. The van der Waals surface area contributed by atoms with Crippen molar-refractivity contribution in [3.63, 3.8) is 0 Å². The van der Waals surface area contributed by atoms with Crippen molar-refractivity contribution in [1.29, 1.82) is 0 Å². The van der Waals surface area contributed by atoms with Gasteiger partial charge in [-0.15, -0.1) is 0 Å². The summed E-state index contributed by atoms with van der Waals surface area (Å²) in [4.78, 5) is 11.8. The second-order valence-corrected chi connectivity index (χ2v) is 5.38. The van der Waals surface area contributed by atoms with E-state index in [0.717, 1.165) is 36.4 Å². The fourth-order valence-electron chi connectivity index (χ4n) is 2.27. The van der Waals surface area contributed by atoms with Gasteiger partial charge in [-0.05, 0) is 36.4 Å². The number of halogens is 6. The van der Waals surface area contributed by atoms with Crippen LogP contribution in [0.25, 0.3) is 5.69 Å². The van der Waals surface area contributed by atoms with E-state index >= 15 is 0 Å². The van der Waals surface area contributed by atoms with Gasteiger partial charge in [-0.2, -0.15) is 18.3 Å². The number of carbonyl (C=O) groups is 1. The van der Waals surface area contributed by atoms with Gasteiger partial charge in [0.05, 0.1) is 17.6 Å². The quantitative estimate of drug-likeness (QED) is 0.634. The zero-order valence-corrected chi connectivity index (χ0v) is 13.6. The smallest absolute Gasteiger partial charge is 0.406 e. The summed E-state index contributed by atoms with van der Waals surface area (Å²) in [6, 6.07) is 6.16. The first-order valence-electron chi connectivity index (χ1n) is 7.50. The highest BCUT2D eigenvalue weighted by Gasteiger charge is 2.40. The highest BCUT2D eigenvalue weighted by atomic mass is 19.4. The number of ether oxygens (including phenoxy) is 1. The predicted octanol–water partition coefficient (Wildman–Crippen LogP) is 4.92. The van der Waals surface area contributed by atoms with Crippen molar-refractivity contribution in [1.82, 2.24) is 9.78 Å². The zero-order valence-electron chi connectivity index (χ0n) is 13.6. The van der Waals surface area contributed by atoms with E-state index < -0.39 is 46.9 Å². The highest BCUT2D eigenvalue weighted by Crippen LogP contribution is 2.37. The van der Waals surface area contributed by atoms with Crippen molar-refractivity contribution in [2.24, 2.45) is 0 Å². The molecule has 1 heterocycles. The Labute approximate surface area is 153 Å². The summed E-state index contributed by atoms with van der Waals surface area (Å²) in [6.45, 7) is 0. The molecular weight excluding hydrogens is 392 g/mol. The number of hydrogen-bond acceptors (Lipinski definition) is 3. The van der Waals surface area contributed by atoms with Crippen LogP contribution in [0.2, 0.25) is 0 Å². The third kappa shape index (κ3) is 4.08. The van der Waals surface area contributed by atoms with Crippen molar-refractivity contribution in [2.75, 3.05) is 5.32 Å². The van der Waals surface area contributed by atoms with E-state index in [4.69, 9.17) is 0 Å². The Balaban J connectivity index is 1.89. The van der Waals surface area contributed by atoms with Crippen LogP contribution in [0.5, 0.6) is 5.75 Å². The summed E-state index contributed by atoms with van der Waals surface area (Å²) in [5.74, 6) is -3.68. The van der Waals surface area contributed by atoms with Gasteiger partial charge in [-0.1, -0.05) is 0 Å². The van der Waals surface area contributed by atoms with E-state index in [9.17, 15) is 31.1 Å². The van der Waals surface area contributed by atoms with Gasteiger partial charge in [-0.3, -0.25) is 5.32 Å². The van der Waals surface area contributed by atoms with Crippen molar-refractivity contribution >= 4 is 11.8 Å². The summed E-state index contributed by atoms with van der Waals surface area (Å²) in [7, 11) is 0. The number of benzene rings is 2. The lowest BCUT2D eigenvalue weighted by atomic mass is 10.3. The number of anilines is 1. The standard InChI is InChI=1S/C17H9F6N3O2/c18-9-1-4-11(5-2-9)26-15(17(21,22)23)14(8-24-26)28-16(27)25-13-6-3-10(19)7-12(13)20/h1-8H,(H,25,27). The number of amides is 1. The lowest BCUT2D eigenvalue weighted by Crippen LogP contribution is -2.20. The Morgan fingerprint density at radius 2 is 1.64 bits per heavy atom. The molecule has 28 heavy (non-hydrogen) atoms. The van der Waals surface area contributed by atoms with E-state index in [-0.39, 0.29) is 5.69 Å². The molecule has 2 aromatic carbocycles. The van der Waals surface area contributed by atoms with Crippen molar-refractivity contribution in [2.45, 2.75) is 6.18 Å². The Hall–Kier alpha value is -3.50. The molecule has 0 saturated carbocycles. The predicted molar refractivity (Wildman–Crippen MR) is 84.5 cm³/mol. The van der Waals surface area contributed by atoms with E-state index in [0.29, 0.717) is 16.9 Å². The molecule has 0 bridgehead atoms. The molecule has 0 radical (unpaired) electrons. The summed E-state index contributed by atoms with van der Waals surface area (Å²) in [5.41, 5.74) is -2.06. The van der Waals surface area contributed by atoms with Gasteiger partial charge < -0.3 is 4.74 Å². The summed E-state index contributed by atoms with van der Waals surface area (Å²) in [5, 5.41) is 5.38. The number of alkyl halides is 3. The second-order valence-electron chi connectivity index (χ2n) is 5.38. The molecule has 0 spiro atoms. The van der Waals surface area contributed by atoms with Crippen LogP contribution in [0, 0.1) is 17.5 Å². The molecular formula is C17H9F6N3O2. The maximum absolute atomic E-state index is 13.5. The van der Waals surface area contributed by atoms with Gasteiger partial charge in [0.15, 0.2) is 11.4 Å². The van der Waals surface area contributed by atoms with Crippen LogP contribution in [0.3, 0.4) is 0 Å². The average Bonchev–Trinajstić information content (AvgIpc) is 3.02. The number of nitrogens with one attached hydrogen (secondary N) is 1. The van der Waals surface area contributed by atoms with Crippen LogP contribution in [0.15, 0.2) is 48.7 Å². The molecule has 0 aliphatic rings. The van der Waals surface area contributed by atoms with Crippen molar-refractivity contribution < 1.29 is 35.9 Å². The Morgan fingerprint density at radius 1 is 1.00 bits per heavy atom. The lowest BCUT2D eigenvalue weighted by Gasteiger charge is -2.13. The van der Waals surface area contributed by atoms with Gasteiger partial charge in [0.25, 0.3) is 0 Å². The Kier molecular flexibility index (Phi) is 4.99. The first-order valence-corrected chi connectivity index (χ1v) is 7.50. The normalized spacial score (nSPS) is 11.4. The van der Waals surface area contributed by atoms with Gasteiger partial charge in [0.2, 0.25) is 0 Å². The van der Waals surface area contributed by atoms with Gasteiger partial charge >= 0.3 is 12.3 Å². The lowest BCUT2D eigenvalue weighted by molar-refractivity contribution is -0.143. The van der Waals surface area contributed by atoms with Crippen molar-refractivity contribution in [3.05, 3.63) is 71.8 Å². The summed E-state index contributed by atoms with van der Waals surface area (Å²) >= 11 is 0. The van der Waals surface area contributed by atoms with E-state index in [1.165, 1.54) is 0 Å². The molecule has 1 N–H and O–H groups in total. The third-order valence-electron chi connectivity index (χ3n) is 3.45. The van der Waals surface area contributed by atoms with Crippen LogP contribution >= 0.6 is 0 Å². The van der Waals surface area contributed by atoms with Crippen LogP contribution in [0.1, 0.15) is 5.69 Å². The van der Waals surface area contributed by atoms with Crippen LogP contribution in [0.4, 0.5) is 36.8 Å². The summed E-state index contributed by atoms with van der Waals surface area (Å²) in [6.07, 6.45) is -5.80. The van der Waals surface area contributed by atoms with E-state index in [1.54, 1.807) is 0 Å². The minimum absolute atomic E-state index is 0.131. The molecule has 0 atom stereocenters. The second kappa shape index (κ2) is 7.25. The Bertz CT molecular complexity index is 1010. The highest BCUT2D eigenvalue weighted by molar-refractivity contribution is 5.86. The molecule has 1 aromatic heterocycles. The zero-order chi connectivity index (χ0) is 20.5. The Morgan fingerprint density at radius 3 is 2.25 bits per heavy atom. The number of carbonyl (C=O) groups excluding carboxylic acids is 1. The number of aromatic nitrogens is 2. The number of hydrogen-bond donors (Lipinski definition) is 1. The average molecular weight is 401 g/mol. The van der Waals surface area contributed by atoms with Crippen LogP contribution in [-0.2, 0) is 6.18 Å². The molecule has 1 amide bonds. The molecule has 146 valence electrons. The third-order valence-corrected chi connectivity index (χ3v) is 3.45. The minimum atomic E-state index is -4.98. The first-order chi connectivity index (χ1) is 13.1. The van der Waals surface area contributed by atoms with Gasteiger partial charge in [0, 0.05) is 6.07 Å². The fourth-order valence-corrected chi connectivity index (χ4v) is 2.27. The molecule has 3 aromatic rings. The molecule has 5 nitrogen and oxygen atoms in total. The monoisotopic (exact) mass is 401 g/mol. The van der Waals surface area contributed by atoms with Crippen molar-refractivity contribution in [3.8, 4) is 11.4 Å². The van der Waals surface area contributed by atoms with Gasteiger partial charge in [0.1, 0.15) is 17.5 Å². The molecule has 0 aliphatic carbocycles. The number of rotatable bonds is 3. The minimum Gasteiger partial charge on any atom is -0.406 e. The van der Waals surface area contributed by atoms with Gasteiger partial charge in [-0.25, -0.2) is 22.6 Å². The number of nitrogens with zero attached hydrogens (tertiary/aromatic N) is 2. The molecule has 0 unspecified atom stereocenters. The maximum atomic E-state index is 13.5. The topological polar surface area (TPSA) is 56.1 Å². The first kappa shape index (κ1) is 19.3. The van der Waals surface area contributed by atoms with E-state index in [2.05, 4.69) is 9.84 Å². The maximum Gasteiger partial charge on any atom is 0.437 e. The van der Waals surface area contributed by atoms with Crippen LogP contribution < -0.4 is 10.1 Å².